The number of aromatic nitrogens is 4. The molecule has 1 saturated carbocycles. The van der Waals surface area contributed by atoms with Gasteiger partial charge in [0.2, 0.25) is 5.91 Å². The molecule has 0 unspecified atom stereocenters. The van der Waals surface area contributed by atoms with Crippen LogP contribution in [-0.4, -0.2) is 49.4 Å². The maximum Gasteiger partial charge on any atom is 0.233 e. The lowest BCUT2D eigenvalue weighted by atomic mass is 9.97. The van der Waals surface area contributed by atoms with Crippen molar-refractivity contribution < 1.29 is 9.21 Å². The number of benzene rings is 2. The van der Waals surface area contributed by atoms with Gasteiger partial charge in [0.15, 0.2) is 16.6 Å². The van der Waals surface area contributed by atoms with E-state index in [4.69, 9.17) is 4.42 Å². The standard InChI is InChI=1S/C26H27N5O2S/c32-23(30-14-12-20(13-15-30)25-27-21-8-4-5-9-22(21)33-25)17-34-26-29-28-24(19-10-11-19)31(26)16-18-6-2-1-3-7-18/h1-9,19-20H,10-17H2. The van der Waals surface area contributed by atoms with Gasteiger partial charge in [-0.3, -0.25) is 4.79 Å². The van der Waals surface area contributed by atoms with Gasteiger partial charge in [-0.05, 0) is 43.4 Å². The Bertz CT molecular complexity index is 1260. The van der Waals surface area contributed by atoms with Crippen LogP contribution in [0.4, 0.5) is 0 Å². The molecule has 6 rings (SSSR count). The number of carbonyl (C=O) groups is 1. The Morgan fingerprint density at radius 1 is 0.941 bits per heavy atom. The van der Waals surface area contributed by atoms with Crippen molar-refractivity contribution >= 4 is 28.8 Å². The molecule has 2 aliphatic rings. The number of likely N-dealkylation sites (tertiary alicyclic amines) is 1. The van der Waals surface area contributed by atoms with Gasteiger partial charge in [-0.15, -0.1) is 10.2 Å². The number of nitrogens with zero attached hydrogens (tertiary/aromatic N) is 5. The van der Waals surface area contributed by atoms with E-state index in [2.05, 4.69) is 44.0 Å². The molecule has 0 spiro atoms. The molecule has 0 radical (unpaired) electrons. The summed E-state index contributed by atoms with van der Waals surface area (Å²) in [4.78, 5) is 19.6. The summed E-state index contributed by atoms with van der Waals surface area (Å²) in [5, 5.41) is 9.76. The van der Waals surface area contributed by atoms with E-state index < -0.39 is 0 Å². The summed E-state index contributed by atoms with van der Waals surface area (Å²) in [7, 11) is 0. The molecule has 7 nitrogen and oxygen atoms in total. The van der Waals surface area contributed by atoms with Crippen molar-refractivity contribution in [1.82, 2.24) is 24.6 Å². The van der Waals surface area contributed by atoms with Crippen LogP contribution in [0.2, 0.25) is 0 Å². The first-order valence-corrected chi connectivity index (χ1v) is 13.0. The molecule has 2 aromatic heterocycles. The van der Waals surface area contributed by atoms with E-state index in [1.807, 2.05) is 35.2 Å². The number of thioether (sulfide) groups is 1. The Kier molecular flexibility index (Phi) is 5.83. The summed E-state index contributed by atoms with van der Waals surface area (Å²) in [5.41, 5.74) is 2.95. The minimum absolute atomic E-state index is 0.156. The minimum Gasteiger partial charge on any atom is -0.440 e. The Morgan fingerprint density at radius 3 is 2.47 bits per heavy atom. The third-order valence-corrected chi connectivity index (χ3v) is 7.66. The molecule has 3 heterocycles. The second-order valence-corrected chi connectivity index (χ2v) is 10.1. The number of oxazole rings is 1. The lowest BCUT2D eigenvalue weighted by Gasteiger charge is -2.30. The van der Waals surface area contributed by atoms with Gasteiger partial charge in [0.1, 0.15) is 11.3 Å². The molecule has 1 aliphatic carbocycles. The quantitative estimate of drug-likeness (QED) is 0.357. The number of piperidine rings is 1. The smallest absolute Gasteiger partial charge is 0.233 e. The summed E-state index contributed by atoms with van der Waals surface area (Å²) >= 11 is 1.50. The van der Waals surface area contributed by atoms with Gasteiger partial charge >= 0.3 is 0 Å². The lowest BCUT2D eigenvalue weighted by Crippen LogP contribution is -2.39. The van der Waals surface area contributed by atoms with Gasteiger partial charge in [-0.2, -0.15) is 0 Å². The van der Waals surface area contributed by atoms with E-state index in [1.54, 1.807) is 0 Å². The molecule has 2 fully saturated rings. The monoisotopic (exact) mass is 473 g/mol. The van der Waals surface area contributed by atoms with E-state index in [-0.39, 0.29) is 11.8 Å². The van der Waals surface area contributed by atoms with Crippen molar-refractivity contribution in [2.24, 2.45) is 0 Å². The highest BCUT2D eigenvalue weighted by Crippen LogP contribution is 2.40. The van der Waals surface area contributed by atoms with Gasteiger partial charge in [0, 0.05) is 24.9 Å². The molecule has 0 bridgehead atoms. The molecule has 0 N–H and O–H groups in total. The number of hydrogen-bond donors (Lipinski definition) is 0. The first kappa shape index (κ1) is 21.4. The van der Waals surface area contributed by atoms with Crippen molar-refractivity contribution in [3.05, 3.63) is 71.9 Å². The average molecular weight is 474 g/mol. The van der Waals surface area contributed by atoms with E-state index in [9.17, 15) is 4.79 Å². The van der Waals surface area contributed by atoms with Gasteiger partial charge in [0.25, 0.3) is 0 Å². The zero-order valence-corrected chi connectivity index (χ0v) is 19.8. The zero-order chi connectivity index (χ0) is 22.9. The summed E-state index contributed by atoms with van der Waals surface area (Å²) in [6, 6.07) is 18.2. The molecule has 1 saturated heterocycles. The number of carbonyl (C=O) groups excluding carboxylic acids is 1. The summed E-state index contributed by atoms with van der Waals surface area (Å²) < 4.78 is 8.16. The number of para-hydroxylation sites is 2. The maximum atomic E-state index is 13.0. The second-order valence-electron chi connectivity index (χ2n) is 9.15. The first-order chi connectivity index (χ1) is 16.7. The van der Waals surface area contributed by atoms with Gasteiger partial charge in [0.05, 0.1) is 12.3 Å². The van der Waals surface area contributed by atoms with E-state index >= 15 is 0 Å². The lowest BCUT2D eigenvalue weighted by molar-refractivity contribution is -0.129. The number of amides is 1. The van der Waals surface area contributed by atoms with Crippen LogP contribution in [0.1, 0.15) is 54.8 Å². The molecule has 2 aromatic carbocycles. The Morgan fingerprint density at radius 2 is 1.71 bits per heavy atom. The molecule has 1 amide bonds. The van der Waals surface area contributed by atoms with Crippen LogP contribution in [-0.2, 0) is 11.3 Å². The number of hydrogen-bond acceptors (Lipinski definition) is 6. The molecule has 8 heteroatoms. The summed E-state index contributed by atoms with van der Waals surface area (Å²) in [6.45, 7) is 2.20. The molecule has 174 valence electrons. The Hall–Kier alpha value is -3.13. The van der Waals surface area contributed by atoms with Crippen molar-refractivity contribution in [2.45, 2.75) is 49.2 Å². The second kappa shape index (κ2) is 9.25. The fourth-order valence-electron chi connectivity index (χ4n) is 4.62. The van der Waals surface area contributed by atoms with Crippen LogP contribution in [0, 0.1) is 0 Å². The van der Waals surface area contributed by atoms with Gasteiger partial charge < -0.3 is 13.9 Å². The fraction of sp³-hybridized carbons (Fsp3) is 0.385. The van der Waals surface area contributed by atoms with Crippen LogP contribution in [0.25, 0.3) is 11.1 Å². The van der Waals surface area contributed by atoms with Crippen LogP contribution < -0.4 is 0 Å². The van der Waals surface area contributed by atoms with Crippen molar-refractivity contribution in [3.63, 3.8) is 0 Å². The highest BCUT2D eigenvalue weighted by Gasteiger charge is 2.31. The molecule has 1 aliphatic heterocycles. The van der Waals surface area contributed by atoms with Gasteiger partial charge in [-0.25, -0.2) is 4.98 Å². The van der Waals surface area contributed by atoms with Crippen molar-refractivity contribution in [3.8, 4) is 0 Å². The number of rotatable bonds is 7. The van der Waals surface area contributed by atoms with Crippen LogP contribution in [0.15, 0.2) is 64.2 Å². The van der Waals surface area contributed by atoms with Crippen LogP contribution in [0.3, 0.4) is 0 Å². The summed E-state index contributed by atoms with van der Waals surface area (Å²) in [5.74, 6) is 3.15. The third kappa shape index (κ3) is 4.46. The zero-order valence-electron chi connectivity index (χ0n) is 19.0. The molecular weight excluding hydrogens is 446 g/mol. The largest absolute Gasteiger partial charge is 0.440 e. The molecule has 0 atom stereocenters. The Balaban J connectivity index is 1.07. The topological polar surface area (TPSA) is 77.1 Å². The highest BCUT2D eigenvalue weighted by molar-refractivity contribution is 7.99. The summed E-state index contributed by atoms with van der Waals surface area (Å²) in [6.07, 6.45) is 4.09. The predicted molar refractivity (Wildman–Crippen MR) is 131 cm³/mol. The molecular formula is C26H27N5O2S. The predicted octanol–water partition coefficient (Wildman–Crippen LogP) is 4.84. The van der Waals surface area contributed by atoms with E-state index in [0.29, 0.717) is 11.7 Å². The molecule has 4 aromatic rings. The van der Waals surface area contributed by atoms with E-state index in [1.165, 1.54) is 30.2 Å². The Labute approximate surface area is 202 Å². The number of fused-ring (bicyclic) bond motifs is 1. The normalized spacial score (nSPS) is 16.9. The maximum absolute atomic E-state index is 13.0. The van der Waals surface area contributed by atoms with Gasteiger partial charge in [-0.1, -0.05) is 54.2 Å². The minimum atomic E-state index is 0.156. The van der Waals surface area contributed by atoms with Crippen LogP contribution in [0.5, 0.6) is 0 Å². The van der Waals surface area contributed by atoms with Crippen LogP contribution >= 0.6 is 11.8 Å². The van der Waals surface area contributed by atoms with Crippen molar-refractivity contribution in [2.75, 3.05) is 18.8 Å². The SMILES string of the molecule is O=C(CSc1nnc(C2CC2)n1Cc1ccccc1)N1CCC(c2nc3ccccc3o2)CC1. The first-order valence-electron chi connectivity index (χ1n) is 12.0. The third-order valence-electron chi connectivity index (χ3n) is 6.70. The molecule has 34 heavy (non-hydrogen) atoms. The van der Waals surface area contributed by atoms with Crippen molar-refractivity contribution in [1.29, 1.82) is 0 Å². The highest BCUT2D eigenvalue weighted by atomic mass is 32.2. The fourth-order valence-corrected chi connectivity index (χ4v) is 5.47. The van der Waals surface area contributed by atoms with E-state index in [0.717, 1.165) is 60.4 Å². The average Bonchev–Trinajstić information content (AvgIpc) is 3.50.